The van der Waals surface area contributed by atoms with Crippen molar-refractivity contribution in [3.63, 3.8) is 0 Å². The average molecular weight is 284 g/mol. The lowest BCUT2D eigenvalue weighted by molar-refractivity contribution is -0.128. The van der Waals surface area contributed by atoms with E-state index in [0.29, 0.717) is 17.2 Å². The van der Waals surface area contributed by atoms with Crippen molar-refractivity contribution < 1.29 is 14.6 Å². The molecule has 5 heteroatoms. The maximum Gasteiger partial charge on any atom is 0.261 e. The van der Waals surface area contributed by atoms with Gasteiger partial charge in [-0.25, -0.2) is 0 Å². The van der Waals surface area contributed by atoms with Crippen LogP contribution in [-0.2, 0) is 11.2 Å². The summed E-state index contributed by atoms with van der Waals surface area (Å²) in [7, 11) is 0. The van der Waals surface area contributed by atoms with Gasteiger partial charge in [0.1, 0.15) is 5.75 Å². The van der Waals surface area contributed by atoms with Crippen molar-refractivity contribution in [2.75, 3.05) is 6.61 Å². The molecule has 0 radical (unpaired) electrons. The molecule has 4 nitrogen and oxygen atoms in total. The van der Waals surface area contributed by atoms with E-state index < -0.39 is 6.10 Å². The van der Waals surface area contributed by atoms with Crippen LogP contribution in [0.25, 0.3) is 0 Å². The summed E-state index contributed by atoms with van der Waals surface area (Å²) in [6.07, 6.45) is -0.0286. The summed E-state index contributed by atoms with van der Waals surface area (Å²) in [5.41, 5.74) is 0.942. The van der Waals surface area contributed by atoms with Crippen molar-refractivity contribution in [1.29, 1.82) is 0 Å². The summed E-state index contributed by atoms with van der Waals surface area (Å²) in [6.45, 7) is 3.82. The minimum Gasteiger partial charge on any atom is -0.480 e. The van der Waals surface area contributed by atoms with Crippen LogP contribution in [-0.4, -0.2) is 29.8 Å². The van der Waals surface area contributed by atoms with Gasteiger partial charge in [-0.1, -0.05) is 25.4 Å². The second-order valence-corrected chi connectivity index (χ2v) is 5.54. The third-order valence-corrected chi connectivity index (χ3v) is 3.55. The third kappa shape index (κ3) is 3.19. The Balaban J connectivity index is 2.00. The van der Waals surface area contributed by atoms with Crippen LogP contribution in [0.2, 0.25) is 5.02 Å². The summed E-state index contributed by atoms with van der Waals surface area (Å²) < 4.78 is 5.60. The zero-order chi connectivity index (χ0) is 14.0. The molecule has 1 aromatic rings. The van der Waals surface area contributed by atoms with E-state index in [9.17, 15) is 9.90 Å². The number of fused-ring (bicyclic) bond motifs is 1. The lowest BCUT2D eigenvalue weighted by Gasteiger charge is -2.21. The molecule has 2 rings (SSSR count). The molecule has 0 fully saturated rings. The van der Waals surface area contributed by atoms with Crippen LogP contribution in [0.4, 0.5) is 0 Å². The molecule has 0 saturated heterocycles. The van der Waals surface area contributed by atoms with Crippen LogP contribution < -0.4 is 10.1 Å². The number of carbonyl (C=O) groups excluding carboxylic acids is 1. The highest BCUT2D eigenvalue weighted by Crippen LogP contribution is 2.31. The van der Waals surface area contributed by atoms with Gasteiger partial charge in [-0.3, -0.25) is 4.79 Å². The zero-order valence-corrected chi connectivity index (χ0v) is 11.8. The topological polar surface area (TPSA) is 58.6 Å². The lowest BCUT2D eigenvalue weighted by Crippen LogP contribution is -2.47. The fraction of sp³-hybridized carbons (Fsp3) is 0.500. The summed E-state index contributed by atoms with van der Waals surface area (Å²) in [5, 5.41) is 12.7. The first-order valence-corrected chi connectivity index (χ1v) is 6.75. The zero-order valence-electron chi connectivity index (χ0n) is 11.0. The number of carbonyl (C=O) groups is 1. The van der Waals surface area contributed by atoms with Gasteiger partial charge in [0.25, 0.3) is 5.91 Å². The van der Waals surface area contributed by atoms with E-state index in [1.807, 2.05) is 19.9 Å². The molecule has 1 heterocycles. The van der Waals surface area contributed by atoms with E-state index in [-0.39, 0.29) is 24.5 Å². The van der Waals surface area contributed by atoms with Gasteiger partial charge >= 0.3 is 0 Å². The average Bonchev–Trinajstić information content (AvgIpc) is 2.78. The summed E-state index contributed by atoms with van der Waals surface area (Å²) in [6, 6.07) is 5.08. The molecule has 104 valence electrons. The highest BCUT2D eigenvalue weighted by molar-refractivity contribution is 6.30. The molecule has 1 aliphatic rings. The van der Waals surface area contributed by atoms with E-state index >= 15 is 0 Å². The van der Waals surface area contributed by atoms with Gasteiger partial charge in [0, 0.05) is 11.4 Å². The molecule has 1 aromatic carbocycles. The maximum absolute atomic E-state index is 12.1. The van der Waals surface area contributed by atoms with Crippen LogP contribution in [0.5, 0.6) is 5.75 Å². The Morgan fingerprint density at radius 2 is 2.32 bits per heavy atom. The molecule has 19 heavy (non-hydrogen) atoms. The highest BCUT2D eigenvalue weighted by Gasteiger charge is 2.30. The molecule has 0 aromatic heterocycles. The fourth-order valence-corrected chi connectivity index (χ4v) is 2.26. The number of nitrogens with one attached hydrogen (secondary N) is 1. The Morgan fingerprint density at radius 1 is 1.58 bits per heavy atom. The number of hydrogen-bond donors (Lipinski definition) is 2. The molecule has 1 unspecified atom stereocenters. The Bertz CT molecular complexity index is 476. The number of rotatable bonds is 4. The van der Waals surface area contributed by atoms with Gasteiger partial charge in [-0.15, -0.1) is 0 Å². The molecular weight excluding hydrogens is 266 g/mol. The molecule has 0 saturated carbocycles. The Labute approximate surface area is 117 Å². The van der Waals surface area contributed by atoms with E-state index in [4.69, 9.17) is 16.3 Å². The van der Waals surface area contributed by atoms with Crippen molar-refractivity contribution in [3.8, 4) is 5.75 Å². The molecule has 2 atom stereocenters. The molecule has 1 amide bonds. The van der Waals surface area contributed by atoms with Crippen LogP contribution in [0.15, 0.2) is 18.2 Å². The minimum absolute atomic E-state index is 0.0745. The van der Waals surface area contributed by atoms with E-state index in [1.165, 1.54) is 0 Å². The van der Waals surface area contributed by atoms with Gasteiger partial charge in [0.2, 0.25) is 0 Å². The Kier molecular flexibility index (Phi) is 4.32. The molecular formula is C14H18ClNO3. The first-order valence-electron chi connectivity index (χ1n) is 6.37. The highest BCUT2D eigenvalue weighted by atomic mass is 35.5. The van der Waals surface area contributed by atoms with Gasteiger partial charge in [-0.2, -0.15) is 0 Å². The van der Waals surface area contributed by atoms with Gasteiger partial charge in [0.15, 0.2) is 6.10 Å². The van der Waals surface area contributed by atoms with E-state index in [1.54, 1.807) is 12.1 Å². The second-order valence-electron chi connectivity index (χ2n) is 5.10. The summed E-state index contributed by atoms with van der Waals surface area (Å²) in [5.74, 6) is 0.682. The van der Waals surface area contributed by atoms with E-state index in [2.05, 4.69) is 5.32 Å². The number of ether oxygens (including phenoxy) is 1. The normalized spacial score (nSPS) is 18.9. The quantitative estimate of drug-likeness (QED) is 0.885. The molecule has 1 aliphatic heterocycles. The molecule has 0 spiro atoms. The lowest BCUT2D eigenvalue weighted by atomic mass is 10.0. The molecule has 0 aliphatic carbocycles. The number of amides is 1. The SMILES string of the molecule is CC(C)[C@@H](CO)NC(=O)C1Cc2cc(Cl)ccc2O1. The maximum atomic E-state index is 12.1. The van der Waals surface area contributed by atoms with Crippen molar-refractivity contribution >= 4 is 17.5 Å². The standard InChI is InChI=1S/C14H18ClNO3/c1-8(2)11(7-17)16-14(18)13-6-9-5-10(15)3-4-12(9)19-13/h3-5,8,11,13,17H,6-7H2,1-2H3,(H,16,18)/t11-,13?/m1/s1. The second kappa shape index (κ2) is 5.80. The Morgan fingerprint density at radius 3 is 2.95 bits per heavy atom. The van der Waals surface area contributed by atoms with Gasteiger partial charge < -0.3 is 15.2 Å². The third-order valence-electron chi connectivity index (χ3n) is 3.32. The number of aliphatic hydroxyl groups is 1. The predicted octanol–water partition coefficient (Wildman–Crippen LogP) is 1.78. The van der Waals surface area contributed by atoms with Crippen LogP contribution >= 0.6 is 11.6 Å². The molecule has 0 bridgehead atoms. The van der Waals surface area contributed by atoms with Crippen molar-refractivity contribution in [2.45, 2.75) is 32.4 Å². The van der Waals surface area contributed by atoms with Gasteiger partial charge in [-0.05, 0) is 29.7 Å². The minimum atomic E-state index is -0.540. The summed E-state index contributed by atoms with van der Waals surface area (Å²) in [4.78, 5) is 12.1. The largest absolute Gasteiger partial charge is 0.480 e. The van der Waals surface area contributed by atoms with Crippen molar-refractivity contribution in [3.05, 3.63) is 28.8 Å². The summed E-state index contributed by atoms with van der Waals surface area (Å²) >= 11 is 5.91. The first-order chi connectivity index (χ1) is 9.01. The van der Waals surface area contributed by atoms with Gasteiger partial charge in [0.05, 0.1) is 12.6 Å². The number of benzene rings is 1. The van der Waals surface area contributed by atoms with Crippen molar-refractivity contribution in [2.24, 2.45) is 5.92 Å². The van der Waals surface area contributed by atoms with Crippen LogP contribution in [0, 0.1) is 5.92 Å². The van der Waals surface area contributed by atoms with E-state index in [0.717, 1.165) is 5.56 Å². The van der Waals surface area contributed by atoms with Crippen molar-refractivity contribution in [1.82, 2.24) is 5.32 Å². The monoisotopic (exact) mass is 283 g/mol. The molecule has 2 N–H and O–H groups in total. The number of halogens is 1. The fourth-order valence-electron chi connectivity index (χ4n) is 2.06. The Hall–Kier alpha value is -1.26. The predicted molar refractivity (Wildman–Crippen MR) is 73.4 cm³/mol. The van der Waals surface area contributed by atoms with Crippen LogP contribution in [0.3, 0.4) is 0 Å². The number of hydrogen-bond acceptors (Lipinski definition) is 3. The van der Waals surface area contributed by atoms with Crippen LogP contribution in [0.1, 0.15) is 19.4 Å². The first kappa shape index (κ1) is 14.2. The smallest absolute Gasteiger partial charge is 0.261 e. The number of aliphatic hydroxyl groups excluding tert-OH is 1.